The molecule has 2 heterocycles. The highest BCUT2D eigenvalue weighted by atomic mass is 32.2. The summed E-state index contributed by atoms with van der Waals surface area (Å²) in [7, 11) is 0. The zero-order valence-electron chi connectivity index (χ0n) is 11.4. The van der Waals surface area contributed by atoms with Crippen LogP contribution in [0.25, 0.3) is 0 Å². The molecule has 2 rings (SSSR count). The molecule has 0 bridgehead atoms. The number of likely N-dealkylation sites (tertiary alicyclic amines) is 1. The Morgan fingerprint density at radius 2 is 2.40 bits per heavy atom. The highest BCUT2D eigenvalue weighted by Gasteiger charge is 2.28. The molecule has 1 N–H and O–H groups in total. The Morgan fingerprint density at radius 1 is 1.60 bits per heavy atom. The predicted molar refractivity (Wildman–Crippen MR) is 79.2 cm³/mol. The number of hydrogen-bond donors (Lipinski definition) is 1. The average Bonchev–Trinajstić information content (AvgIpc) is 2.86. The number of hydrogen-bond acceptors (Lipinski definition) is 5. The van der Waals surface area contributed by atoms with Crippen LogP contribution in [0.5, 0.6) is 0 Å². The quantitative estimate of drug-likeness (QED) is 0.843. The minimum atomic E-state index is -0.808. The summed E-state index contributed by atoms with van der Waals surface area (Å²) in [6.07, 6.45) is 1.69. The second-order valence-electron chi connectivity index (χ2n) is 4.73. The molecule has 1 atom stereocenters. The molecule has 5 nitrogen and oxygen atoms in total. The van der Waals surface area contributed by atoms with Gasteiger partial charge in [-0.15, -0.1) is 11.3 Å². The molecule has 110 valence electrons. The third-order valence-corrected chi connectivity index (χ3v) is 5.21. The van der Waals surface area contributed by atoms with Gasteiger partial charge in [0.1, 0.15) is 4.34 Å². The van der Waals surface area contributed by atoms with Crippen molar-refractivity contribution in [3.8, 4) is 0 Å². The van der Waals surface area contributed by atoms with Crippen LogP contribution in [0, 0.1) is 5.92 Å². The summed E-state index contributed by atoms with van der Waals surface area (Å²) in [6.45, 7) is 3.05. The fourth-order valence-electron chi connectivity index (χ4n) is 2.23. The highest BCUT2D eigenvalue weighted by molar-refractivity contribution is 8.00. The van der Waals surface area contributed by atoms with Crippen molar-refractivity contribution in [3.05, 3.63) is 11.1 Å². The Balaban J connectivity index is 1.91. The first-order valence-corrected chi connectivity index (χ1v) is 8.54. The van der Waals surface area contributed by atoms with Gasteiger partial charge in [0.2, 0.25) is 5.91 Å². The lowest BCUT2D eigenvalue weighted by atomic mass is 9.98. The van der Waals surface area contributed by atoms with Crippen molar-refractivity contribution >= 4 is 35.0 Å². The minimum Gasteiger partial charge on any atom is -0.481 e. The molecule has 1 aromatic heterocycles. The number of aliphatic carboxylic acids is 1. The molecule has 1 fully saturated rings. The molecule has 0 spiro atoms. The Bertz CT molecular complexity index is 490. The van der Waals surface area contributed by atoms with Crippen LogP contribution in [0.1, 0.15) is 25.5 Å². The van der Waals surface area contributed by atoms with E-state index in [1.54, 1.807) is 28.0 Å². The Kier molecular flexibility index (Phi) is 5.42. The van der Waals surface area contributed by atoms with Crippen LogP contribution in [0.4, 0.5) is 0 Å². The molecule has 1 aliphatic rings. The molecule has 0 aliphatic carbocycles. The van der Waals surface area contributed by atoms with Gasteiger partial charge in [0.15, 0.2) is 0 Å². The normalized spacial score (nSPS) is 19.1. The molecule has 7 heteroatoms. The van der Waals surface area contributed by atoms with E-state index in [1.165, 1.54) is 0 Å². The average molecular weight is 314 g/mol. The molecule has 1 aromatic rings. The molecule has 20 heavy (non-hydrogen) atoms. The molecular formula is C13H18N2O3S2. The van der Waals surface area contributed by atoms with Crippen molar-refractivity contribution in [1.29, 1.82) is 0 Å². The standard InChI is InChI=1S/C13H18N2O3S2/c1-2-19-13-14-10(8-20-13)6-11(16)15-5-3-4-9(7-15)12(17)18/h8-9H,2-7H2,1H3,(H,17,18)/t9-/m0/s1. The molecule has 1 aliphatic heterocycles. The lowest BCUT2D eigenvalue weighted by Crippen LogP contribution is -2.43. The van der Waals surface area contributed by atoms with Gasteiger partial charge in [-0.25, -0.2) is 4.98 Å². The smallest absolute Gasteiger partial charge is 0.308 e. The lowest BCUT2D eigenvalue weighted by molar-refractivity contribution is -0.145. The van der Waals surface area contributed by atoms with Gasteiger partial charge in [-0.3, -0.25) is 9.59 Å². The second kappa shape index (κ2) is 7.08. The number of nitrogens with zero attached hydrogens (tertiary/aromatic N) is 2. The van der Waals surface area contributed by atoms with E-state index >= 15 is 0 Å². The maximum absolute atomic E-state index is 12.2. The lowest BCUT2D eigenvalue weighted by Gasteiger charge is -2.30. The number of thioether (sulfide) groups is 1. The molecule has 0 saturated carbocycles. The highest BCUT2D eigenvalue weighted by Crippen LogP contribution is 2.23. The van der Waals surface area contributed by atoms with Gasteiger partial charge >= 0.3 is 5.97 Å². The third-order valence-electron chi connectivity index (χ3n) is 3.25. The second-order valence-corrected chi connectivity index (χ2v) is 7.10. The molecule has 1 saturated heterocycles. The van der Waals surface area contributed by atoms with Crippen molar-refractivity contribution in [1.82, 2.24) is 9.88 Å². The van der Waals surface area contributed by atoms with Crippen molar-refractivity contribution < 1.29 is 14.7 Å². The maximum Gasteiger partial charge on any atom is 0.308 e. The van der Waals surface area contributed by atoms with E-state index in [9.17, 15) is 9.59 Å². The molecular weight excluding hydrogens is 296 g/mol. The maximum atomic E-state index is 12.2. The summed E-state index contributed by atoms with van der Waals surface area (Å²) >= 11 is 3.22. The third kappa shape index (κ3) is 3.96. The van der Waals surface area contributed by atoms with Crippen LogP contribution in [0.2, 0.25) is 0 Å². The number of amides is 1. The summed E-state index contributed by atoms with van der Waals surface area (Å²) in [5.74, 6) is -0.283. The topological polar surface area (TPSA) is 70.5 Å². The zero-order valence-corrected chi connectivity index (χ0v) is 13.0. The monoisotopic (exact) mass is 314 g/mol. The first-order valence-electron chi connectivity index (χ1n) is 6.68. The Labute approximate surface area is 126 Å². The van der Waals surface area contributed by atoms with E-state index in [0.29, 0.717) is 19.5 Å². The molecule has 1 amide bonds. The fraction of sp³-hybridized carbons (Fsp3) is 0.615. The summed E-state index contributed by atoms with van der Waals surface area (Å²) in [5, 5.41) is 10.9. The predicted octanol–water partition coefficient (Wildman–Crippen LogP) is 2.12. The fourth-order valence-corrected chi connectivity index (χ4v) is 3.97. The summed E-state index contributed by atoms with van der Waals surface area (Å²) in [6, 6.07) is 0. The van der Waals surface area contributed by atoms with E-state index in [1.807, 2.05) is 5.38 Å². The van der Waals surface area contributed by atoms with E-state index in [4.69, 9.17) is 5.11 Å². The summed E-state index contributed by atoms with van der Waals surface area (Å²) in [4.78, 5) is 29.3. The minimum absolute atomic E-state index is 0.0192. The van der Waals surface area contributed by atoms with Crippen LogP contribution in [0.15, 0.2) is 9.72 Å². The summed E-state index contributed by atoms with van der Waals surface area (Å²) < 4.78 is 0.984. The SMILES string of the molecule is CCSc1nc(CC(=O)N2CCC[C@H](C(=O)O)C2)cs1. The van der Waals surface area contributed by atoms with Gasteiger partial charge in [0, 0.05) is 18.5 Å². The molecule has 0 unspecified atom stereocenters. The van der Waals surface area contributed by atoms with Crippen molar-refractivity contribution in [2.24, 2.45) is 5.92 Å². The van der Waals surface area contributed by atoms with Crippen molar-refractivity contribution in [2.45, 2.75) is 30.5 Å². The van der Waals surface area contributed by atoms with E-state index < -0.39 is 11.9 Å². The van der Waals surface area contributed by atoms with Crippen molar-refractivity contribution in [2.75, 3.05) is 18.8 Å². The van der Waals surface area contributed by atoms with Crippen LogP contribution in [-0.2, 0) is 16.0 Å². The van der Waals surface area contributed by atoms with Crippen molar-refractivity contribution in [3.63, 3.8) is 0 Å². The van der Waals surface area contributed by atoms with Gasteiger partial charge in [-0.1, -0.05) is 18.7 Å². The van der Waals surface area contributed by atoms with Gasteiger partial charge in [0.25, 0.3) is 0 Å². The van der Waals surface area contributed by atoms with Gasteiger partial charge in [0.05, 0.1) is 18.0 Å². The van der Waals surface area contributed by atoms with Gasteiger partial charge in [-0.2, -0.15) is 0 Å². The molecule has 0 radical (unpaired) electrons. The Morgan fingerprint density at radius 3 is 3.10 bits per heavy atom. The number of rotatable bonds is 5. The van der Waals surface area contributed by atoms with Crippen LogP contribution in [-0.4, -0.2) is 45.7 Å². The summed E-state index contributed by atoms with van der Waals surface area (Å²) in [5.41, 5.74) is 0.786. The van der Waals surface area contributed by atoms with E-state index in [0.717, 1.165) is 22.2 Å². The Hall–Kier alpha value is -1.08. The first kappa shape index (κ1) is 15.3. The van der Waals surface area contributed by atoms with Gasteiger partial charge in [-0.05, 0) is 18.6 Å². The van der Waals surface area contributed by atoms with E-state index in [-0.39, 0.29) is 12.3 Å². The number of aromatic nitrogens is 1. The number of thiazole rings is 1. The van der Waals surface area contributed by atoms with E-state index in [2.05, 4.69) is 11.9 Å². The number of carbonyl (C=O) groups excluding carboxylic acids is 1. The van der Waals surface area contributed by atoms with Gasteiger partial charge < -0.3 is 10.0 Å². The number of carboxylic acid groups (broad SMARTS) is 1. The van der Waals surface area contributed by atoms with Crippen LogP contribution in [0.3, 0.4) is 0 Å². The largest absolute Gasteiger partial charge is 0.481 e. The first-order chi connectivity index (χ1) is 9.60. The zero-order chi connectivity index (χ0) is 14.5. The number of carbonyl (C=O) groups is 2. The number of carboxylic acids is 1. The number of piperidine rings is 1. The van der Waals surface area contributed by atoms with Crippen LogP contribution < -0.4 is 0 Å². The molecule has 0 aromatic carbocycles. The van der Waals surface area contributed by atoms with Crippen LogP contribution >= 0.6 is 23.1 Å².